The zero-order chi connectivity index (χ0) is 26.6. The molecule has 1 aliphatic heterocycles. The van der Waals surface area contributed by atoms with Crippen LogP contribution >= 0.6 is 0 Å². The van der Waals surface area contributed by atoms with Gasteiger partial charge in [0.1, 0.15) is 13.8 Å². The Kier molecular flexibility index (Phi) is 8.44. The van der Waals surface area contributed by atoms with E-state index in [2.05, 4.69) is 55.5 Å². The minimum absolute atomic E-state index is 0.0611. The van der Waals surface area contributed by atoms with Crippen LogP contribution in [0.4, 0.5) is 5.69 Å². The molecule has 0 radical (unpaired) electrons. The Morgan fingerprint density at radius 2 is 1.84 bits per heavy atom. The van der Waals surface area contributed by atoms with E-state index in [1.54, 1.807) is 7.11 Å². The molecule has 0 spiro atoms. The number of ether oxygens (including phenoxy) is 1. The van der Waals surface area contributed by atoms with Crippen LogP contribution in [0, 0.1) is 17.4 Å². The molecule has 0 saturated heterocycles. The van der Waals surface area contributed by atoms with E-state index >= 15 is 0 Å². The molecule has 2 aliphatic rings. The molecule has 1 heterocycles. The van der Waals surface area contributed by atoms with Crippen molar-refractivity contribution in [3.05, 3.63) is 59.2 Å². The molecule has 1 fully saturated rings. The average Bonchev–Trinajstić information content (AvgIpc) is 2.83. The van der Waals surface area contributed by atoms with Crippen LogP contribution in [0.25, 0.3) is 0 Å². The fourth-order valence-corrected chi connectivity index (χ4v) is 5.62. The van der Waals surface area contributed by atoms with Crippen LogP contribution in [0.3, 0.4) is 0 Å². The maximum absolute atomic E-state index is 13.8. The van der Waals surface area contributed by atoms with E-state index in [1.807, 2.05) is 35.2 Å². The summed E-state index contributed by atoms with van der Waals surface area (Å²) in [4.78, 5) is 28.2. The lowest BCUT2D eigenvalue weighted by atomic mass is 9.83. The topological polar surface area (TPSA) is 58.6 Å². The van der Waals surface area contributed by atoms with Gasteiger partial charge in [-0.1, -0.05) is 64.0 Å². The number of nitrogens with one attached hydrogen (secondary N) is 1. The molecular weight excluding hydrogens is 476 g/mol. The van der Waals surface area contributed by atoms with Crippen LogP contribution in [-0.4, -0.2) is 37.9 Å². The molecule has 2 aromatic rings. The van der Waals surface area contributed by atoms with Crippen molar-refractivity contribution in [2.75, 3.05) is 12.4 Å². The van der Waals surface area contributed by atoms with Crippen LogP contribution in [0.2, 0.25) is 19.6 Å². The lowest BCUT2D eigenvalue weighted by molar-refractivity contribution is -0.130. The van der Waals surface area contributed by atoms with Gasteiger partial charge in [-0.25, -0.2) is 0 Å². The first-order chi connectivity index (χ1) is 17.7. The summed E-state index contributed by atoms with van der Waals surface area (Å²) in [5.41, 5.74) is 7.45. The SMILES string of the molecule is CCCC[C@H]1Cc2cc(OC)ccc2[C@H](c2ccc(NC(=O)C3CCC3)cc2)N1C(=O)C#C[Si](C)(C)C. The second-order valence-corrected chi connectivity index (χ2v) is 16.2. The van der Waals surface area contributed by atoms with Gasteiger partial charge in [0.2, 0.25) is 5.91 Å². The van der Waals surface area contributed by atoms with Crippen LogP contribution in [0.1, 0.15) is 68.2 Å². The maximum Gasteiger partial charge on any atom is 0.298 e. The van der Waals surface area contributed by atoms with Gasteiger partial charge in [0.25, 0.3) is 5.91 Å². The Bertz CT molecular complexity index is 1190. The van der Waals surface area contributed by atoms with Gasteiger partial charge in [-0.05, 0) is 72.6 Å². The summed E-state index contributed by atoms with van der Waals surface area (Å²) in [5, 5.41) is 3.06. The molecule has 2 atom stereocenters. The summed E-state index contributed by atoms with van der Waals surface area (Å²) in [5.74, 6) is 4.00. The molecule has 6 heteroatoms. The minimum atomic E-state index is -1.71. The summed E-state index contributed by atoms with van der Waals surface area (Å²) < 4.78 is 5.54. The molecule has 37 heavy (non-hydrogen) atoms. The number of nitrogens with zero attached hydrogens (tertiary/aromatic N) is 1. The molecule has 1 saturated carbocycles. The number of fused-ring (bicyclic) bond motifs is 1. The van der Waals surface area contributed by atoms with Gasteiger partial charge in [0.05, 0.1) is 13.2 Å². The number of hydrogen-bond acceptors (Lipinski definition) is 3. The molecule has 196 valence electrons. The molecule has 0 aromatic heterocycles. The average molecular weight is 517 g/mol. The van der Waals surface area contributed by atoms with Crippen LogP contribution in [-0.2, 0) is 16.0 Å². The Balaban J connectivity index is 1.74. The second-order valence-electron chi connectivity index (χ2n) is 11.4. The number of methoxy groups -OCH3 is 1. The minimum Gasteiger partial charge on any atom is -0.497 e. The van der Waals surface area contributed by atoms with Crippen molar-refractivity contribution >= 4 is 25.6 Å². The van der Waals surface area contributed by atoms with Gasteiger partial charge >= 0.3 is 0 Å². The highest BCUT2D eigenvalue weighted by Gasteiger charge is 2.38. The summed E-state index contributed by atoms with van der Waals surface area (Å²) >= 11 is 0. The highest BCUT2D eigenvalue weighted by molar-refractivity contribution is 6.84. The number of anilines is 1. The van der Waals surface area contributed by atoms with Crippen molar-refractivity contribution in [3.8, 4) is 17.2 Å². The van der Waals surface area contributed by atoms with Gasteiger partial charge < -0.3 is 15.0 Å². The van der Waals surface area contributed by atoms with E-state index in [4.69, 9.17) is 4.74 Å². The smallest absolute Gasteiger partial charge is 0.298 e. The Morgan fingerprint density at radius 1 is 1.11 bits per heavy atom. The quantitative estimate of drug-likeness (QED) is 0.345. The number of hydrogen-bond donors (Lipinski definition) is 1. The maximum atomic E-state index is 13.8. The number of amides is 2. The zero-order valence-corrected chi connectivity index (χ0v) is 23.9. The number of benzene rings is 2. The summed E-state index contributed by atoms with van der Waals surface area (Å²) in [6, 6.07) is 14.0. The van der Waals surface area contributed by atoms with Crippen molar-refractivity contribution in [3.63, 3.8) is 0 Å². The Labute approximate surface area is 223 Å². The summed E-state index contributed by atoms with van der Waals surface area (Å²) in [6.07, 6.45) is 6.92. The predicted octanol–water partition coefficient (Wildman–Crippen LogP) is 6.35. The van der Waals surface area contributed by atoms with Crippen molar-refractivity contribution in [1.29, 1.82) is 0 Å². The third-order valence-corrected chi connectivity index (χ3v) is 8.29. The third kappa shape index (κ3) is 6.45. The highest BCUT2D eigenvalue weighted by Crippen LogP contribution is 2.41. The van der Waals surface area contributed by atoms with Crippen molar-refractivity contribution < 1.29 is 14.3 Å². The van der Waals surface area contributed by atoms with E-state index in [0.717, 1.165) is 67.5 Å². The first-order valence-electron chi connectivity index (χ1n) is 13.6. The van der Waals surface area contributed by atoms with E-state index in [9.17, 15) is 9.59 Å². The first-order valence-corrected chi connectivity index (χ1v) is 17.1. The molecule has 1 N–H and O–H groups in total. The van der Waals surface area contributed by atoms with Crippen molar-refractivity contribution in [1.82, 2.24) is 4.90 Å². The largest absolute Gasteiger partial charge is 0.497 e. The molecule has 5 nitrogen and oxygen atoms in total. The first kappa shape index (κ1) is 27.0. The van der Waals surface area contributed by atoms with Gasteiger partial charge in [-0.3, -0.25) is 9.59 Å². The Morgan fingerprint density at radius 3 is 2.43 bits per heavy atom. The molecular formula is C31H40N2O3Si. The van der Waals surface area contributed by atoms with Crippen LogP contribution in [0.5, 0.6) is 5.75 Å². The molecule has 4 rings (SSSR count). The number of carbonyl (C=O) groups is 2. The third-order valence-electron chi connectivity index (χ3n) is 7.41. The Hall–Kier alpha value is -3.04. The van der Waals surface area contributed by atoms with E-state index < -0.39 is 8.07 Å². The molecule has 1 aliphatic carbocycles. The summed E-state index contributed by atoms with van der Waals surface area (Å²) in [7, 11) is -0.0232. The number of rotatable bonds is 7. The highest BCUT2D eigenvalue weighted by atomic mass is 28.3. The van der Waals surface area contributed by atoms with Crippen LogP contribution in [0.15, 0.2) is 42.5 Å². The van der Waals surface area contributed by atoms with Gasteiger partial charge in [-0.2, -0.15) is 0 Å². The van der Waals surface area contributed by atoms with E-state index in [1.165, 1.54) is 5.56 Å². The van der Waals surface area contributed by atoms with Crippen LogP contribution < -0.4 is 10.1 Å². The number of unbranched alkanes of at least 4 members (excludes halogenated alkanes) is 1. The molecule has 0 unspecified atom stereocenters. The van der Waals surface area contributed by atoms with Crippen molar-refractivity contribution in [2.24, 2.45) is 5.92 Å². The van der Waals surface area contributed by atoms with Gasteiger partial charge in [0.15, 0.2) is 0 Å². The van der Waals surface area contributed by atoms with Gasteiger partial charge in [-0.15, -0.1) is 5.54 Å². The van der Waals surface area contributed by atoms with Gasteiger partial charge in [0, 0.05) is 17.6 Å². The van der Waals surface area contributed by atoms with E-state index in [0.29, 0.717) is 0 Å². The lowest BCUT2D eigenvalue weighted by Gasteiger charge is -2.43. The number of carbonyl (C=O) groups excluding carboxylic acids is 2. The lowest BCUT2D eigenvalue weighted by Crippen LogP contribution is -2.47. The summed E-state index contributed by atoms with van der Waals surface area (Å²) in [6.45, 7) is 8.67. The fourth-order valence-electron chi connectivity index (χ4n) is 5.14. The molecule has 2 aromatic carbocycles. The monoisotopic (exact) mass is 516 g/mol. The standard InChI is InChI=1S/C31H40N2O3Si/c1-6-7-11-26-20-24-21-27(36-2)16-17-28(24)30(33(26)29(34)18-19-37(3,4)5)22-12-14-25(15-13-22)32-31(35)23-9-8-10-23/h12-17,21,23,26,30H,6-11,20H2,1-5H3,(H,32,35)/t26-,30-/m0/s1. The molecule has 2 amide bonds. The second kappa shape index (κ2) is 11.6. The van der Waals surface area contributed by atoms with Crippen molar-refractivity contribution in [2.45, 2.75) is 83.6 Å². The van der Waals surface area contributed by atoms with E-state index in [-0.39, 0.29) is 29.8 Å². The molecule has 0 bridgehead atoms. The fraction of sp³-hybridized carbons (Fsp3) is 0.484. The normalized spacial score (nSPS) is 19.2. The predicted molar refractivity (Wildman–Crippen MR) is 152 cm³/mol. The zero-order valence-electron chi connectivity index (χ0n) is 22.9.